The van der Waals surface area contributed by atoms with Crippen molar-refractivity contribution in [1.82, 2.24) is 24.1 Å². The molecule has 0 aliphatic carbocycles. The summed E-state index contributed by atoms with van der Waals surface area (Å²) in [6.07, 6.45) is 1.05. The zero-order chi connectivity index (χ0) is 19.7. The summed E-state index contributed by atoms with van der Waals surface area (Å²) in [7, 11) is 3.98. The van der Waals surface area contributed by atoms with Crippen LogP contribution in [0.25, 0.3) is 10.9 Å². The highest BCUT2D eigenvalue weighted by atomic mass is 16.1. The average molecular weight is 380 g/mol. The topological polar surface area (TPSA) is 46.3 Å². The second kappa shape index (κ2) is 7.89. The number of rotatable bonds is 5. The minimum absolute atomic E-state index is 0.0988. The molecule has 3 heterocycles. The normalized spacial score (nSPS) is 15.1. The lowest BCUT2D eigenvalue weighted by Gasteiger charge is -2.20. The first-order valence-corrected chi connectivity index (χ1v) is 10.1. The van der Waals surface area contributed by atoms with Gasteiger partial charge in [0.05, 0.1) is 16.9 Å². The van der Waals surface area contributed by atoms with Crippen molar-refractivity contribution < 1.29 is 0 Å². The molecule has 1 aromatic carbocycles. The minimum Gasteiger partial charge on any atom is -0.311 e. The summed E-state index contributed by atoms with van der Waals surface area (Å²) in [4.78, 5) is 17.5. The number of hydrogen-bond acceptors (Lipinski definition) is 4. The molecule has 0 atom stereocenters. The molecule has 3 aromatic rings. The van der Waals surface area contributed by atoms with Crippen molar-refractivity contribution in [3.05, 3.63) is 63.7 Å². The molecule has 6 heteroatoms. The van der Waals surface area contributed by atoms with Gasteiger partial charge in [-0.25, -0.2) is 0 Å². The smallest absolute Gasteiger partial charge is 0.255 e. The van der Waals surface area contributed by atoms with Gasteiger partial charge in [0.2, 0.25) is 0 Å². The van der Waals surface area contributed by atoms with Crippen LogP contribution in [0.15, 0.2) is 41.2 Å². The molecule has 0 amide bonds. The second-order valence-electron chi connectivity index (χ2n) is 7.84. The molecule has 28 heavy (non-hydrogen) atoms. The number of para-hydroxylation sites is 1. The summed E-state index contributed by atoms with van der Waals surface area (Å²) >= 11 is 0. The monoisotopic (exact) mass is 379 g/mol. The number of hydrogen-bond donors (Lipinski definition) is 0. The average Bonchev–Trinajstić information content (AvgIpc) is 2.96. The van der Waals surface area contributed by atoms with Crippen LogP contribution >= 0.6 is 0 Å². The molecule has 0 bridgehead atoms. The third kappa shape index (κ3) is 3.75. The Morgan fingerprint density at radius 2 is 2.00 bits per heavy atom. The van der Waals surface area contributed by atoms with Crippen LogP contribution in [0.1, 0.15) is 30.3 Å². The van der Waals surface area contributed by atoms with Gasteiger partial charge in [-0.1, -0.05) is 25.1 Å². The maximum atomic E-state index is 12.9. The number of aromatic nitrogens is 3. The zero-order valence-corrected chi connectivity index (χ0v) is 17.1. The van der Waals surface area contributed by atoms with Gasteiger partial charge in [0, 0.05) is 45.3 Å². The van der Waals surface area contributed by atoms with Crippen molar-refractivity contribution in [3.63, 3.8) is 0 Å². The molecule has 0 saturated carbocycles. The molecule has 0 unspecified atom stereocenters. The number of pyridine rings is 1. The second-order valence-corrected chi connectivity index (χ2v) is 7.84. The van der Waals surface area contributed by atoms with Crippen molar-refractivity contribution >= 4 is 10.9 Å². The molecule has 0 N–H and O–H groups in total. The Bertz CT molecular complexity index is 1040. The van der Waals surface area contributed by atoms with Crippen LogP contribution in [0, 0.1) is 0 Å². The fraction of sp³-hybridized carbons (Fsp3) is 0.455. The minimum atomic E-state index is 0.0988. The maximum absolute atomic E-state index is 12.9. The van der Waals surface area contributed by atoms with Gasteiger partial charge < -0.3 is 9.47 Å². The van der Waals surface area contributed by atoms with E-state index in [1.807, 2.05) is 25.2 Å². The van der Waals surface area contributed by atoms with Gasteiger partial charge in [0.1, 0.15) is 0 Å². The predicted octanol–water partition coefficient (Wildman–Crippen LogP) is 2.59. The van der Waals surface area contributed by atoms with E-state index in [0.717, 1.165) is 61.3 Å². The summed E-state index contributed by atoms with van der Waals surface area (Å²) < 4.78 is 3.92. The Balaban J connectivity index is 1.57. The molecule has 1 aliphatic rings. The molecular weight excluding hydrogens is 350 g/mol. The van der Waals surface area contributed by atoms with Crippen molar-refractivity contribution in [1.29, 1.82) is 0 Å². The number of nitrogens with zero attached hydrogens (tertiary/aromatic N) is 5. The Labute approximate surface area is 166 Å². The highest BCUT2D eigenvalue weighted by Crippen LogP contribution is 2.18. The van der Waals surface area contributed by atoms with E-state index in [1.165, 1.54) is 5.69 Å². The van der Waals surface area contributed by atoms with E-state index in [4.69, 9.17) is 5.10 Å². The summed E-state index contributed by atoms with van der Waals surface area (Å²) in [6, 6.07) is 12.4. The third-order valence-corrected chi connectivity index (χ3v) is 5.72. The van der Waals surface area contributed by atoms with Crippen LogP contribution < -0.4 is 5.56 Å². The first-order chi connectivity index (χ1) is 13.5. The Hall–Kier alpha value is -2.44. The van der Waals surface area contributed by atoms with Crippen molar-refractivity contribution in [2.24, 2.45) is 7.05 Å². The molecule has 0 saturated heterocycles. The Kier molecular flexibility index (Phi) is 5.33. The van der Waals surface area contributed by atoms with E-state index in [-0.39, 0.29) is 5.56 Å². The molecule has 0 spiro atoms. The lowest BCUT2D eigenvalue weighted by Crippen LogP contribution is -2.29. The number of fused-ring (bicyclic) bond motifs is 2. The largest absolute Gasteiger partial charge is 0.311 e. The zero-order valence-electron chi connectivity index (χ0n) is 17.1. The molecule has 1 aliphatic heterocycles. The van der Waals surface area contributed by atoms with Gasteiger partial charge in [-0.05, 0) is 43.6 Å². The number of benzene rings is 1. The molecule has 0 radical (unpaired) electrons. The quantitative estimate of drug-likeness (QED) is 0.684. The van der Waals surface area contributed by atoms with E-state index in [1.54, 1.807) is 4.57 Å². The molecule has 4 rings (SSSR count). The molecule has 148 valence electrons. The summed E-state index contributed by atoms with van der Waals surface area (Å²) in [6.45, 7) is 7.47. The molecule has 2 aromatic heterocycles. The van der Waals surface area contributed by atoms with Gasteiger partial charge in [0.25, 0.3) is 5.56 Å². The molecular formula is C22H29N5O. The fourth-order valence-electron chi connectivity index (χ4n) is 4.03. The van der Waals surface area contributed by atoms with E-state index in [9.17, 15) is 4.79 Å². The molecule has 6 nitrogen and oxygen atoms in total. The molecule has 0 fully saturated rings. The van der Waals surface area contributed by atoms with E-state index in [2.05, 4.69) is 46.7 Å². The summed E-state index contributed by atoms with van der Waals surface area (Å²) in [5.41, 5.74) is 4.31. The van der Waals surface area contributed by atoms with E-state index in [0.29, 0.717) is 6.54 Å². The summed E-state index contributed by atoms with van der Waals surface area (Å²) in [5.74, 6) is 0. The van der Waals surface area contributed by atoms with Gasteiger partial charge >= 0.3 is 0 Å². The fourth-order valence-corrected chi connectivity index (χ4v) is 4.03. The van der Waals surface area contributed by atoms with Crippen LogP contribution in [0.2, 0.25) is 0 Å². The van der Waals surface area contributed by atoms with Gasteiger partial charge in [-0.2, -0.15) is 5.10 Å². The highest BCUT2D eigenvalue weighted by Gasteiger charge is 2.19. The first-order valence-electron chi connectivity index (χ1n) is 10.1. The van der Waals surface area contributed by atoms with E-state index >= 15 is 0 Å². The number of aryl methyl sites for hydroxylation is 2. The Morgan fingerprint density at radius 3 is 2.82 bits per heavy atom. The van der Waals surface area contributed by atoms with Crippen molar-refractivity contribution in [2.75, 3.05) is 20.1 Å². The van der Waals surface area contributed by atoms with Crippen LogP contribution in [0.3, 0.4) is 0 Å². The first kappa shape index (κ1) is 18.9. The van der Waals surface area contributed by atoms with Gasteiger partial charge in [0.15, 0.2) is 0 Å². The lowest BCUT2D eigenvalue weighted by molar-refractivity contribution is 0.259. The highest BCUT2D eigenvalue weighted by molar-refractivity contribution is 5.79. The lowest BCUT2D eigenvalue weighted by atomic mass is 10.1. The Morgan fingerprint density at radius 1 is 1.18 bits per heavy atom. The van der Waals surface area contributed by atoms with Crippen LogP contribution in [0.5, 0.6) is 0 Å². The van der Waals surface area contributed by atoms with Gasteiger partial charge in [-0.3, -0.25) is 14.4 Å². The van der Waals surface area contributed by atoms with Crippen molar-refractivity contribution in [3.8, 4) is 0 Å². The van der Waals surface area contributed by atoms with Gasteiger partial charge in [-0.15, -0.1) is 0 Å². The van der Waals surface area contributed by atoms with Crippen molar-refractivity contribution in [2.45, 2.75) is 39.5 Å². The van der Waals surface area contributed by atoms with Crippen LogP contribution in [0.4, 0.5) is 0 Å². The van der Waals surface area contributed by atoms with Crippen LogP contribution in [-0.4, -0.2) is 44.3 Å². The van der Waals surface area contributed by atoms with E-state index < -0.39 is 0 Å². The SMILES string of the molecule is CCN(C)Cc1cc2n(n1)CCCN(Cc1cc3ccccc3n(C)c1=O)C2. The summed E-state index contributed by atoms with van der Waals surface area (Å²) in [5, 5.41) is 5.91. The maximum Gasteiger partial charge on any atom is 0.255 e. The predicted molar refractivity (Wildman–Crippen MR) is 112 cm³/mol. The third-order valence-electron chi connectivity index (χ3n) is 5.72. The van der Waals surface area contributed by atoms with Crippen LogP contribution in [-0.2, 0) is 33.2 Å². The standard InChI is InChI=1S/C22H29N5O/c1-4-24(2)15-19-13-20-16-26(10-7-11-27(20)23-19)14-18-12-17-8-5-6-9-21(17)25(3)22(18)28/h5-6,8-9,12-13H,4,7,10-11,14-16H2,1-3H3.